The van der Waals surface area contributed by atoms with Gasteiger partial charge in [0.2, 0.25) is 0 Å². The Morgan fingerprint density at radius 1 is 1.44 bits per heavy atom. The normalized spacial score (nSPS) is 12.0. The van der Waals surface area contributed by atoms with E-state index in [0.29, 0.717) is 12.0 Å². The average molecular weight is 291 g/mol. The summed E-state index contributed by atoms with van der Waals surface area (Å²) in [6.45, 7) is 5.09. The standard InChI is InChI=1S/C11H17NO4S2/c1-4-5-12(7-10(13)14)18(15,16)11-8(2)6-9(3)17-11/h6H,4-5,7H2,1-3H3,(H,13,14). The zero-order valence-corrected chi connectivity index (χ0v) is 12.3. The zero-order chi connectivity index (χ0) is 13.9. The van der Waals surface area contributed by atoms with Gasteiger partial charge >= 0.3 is 5.97 Å². The second kappa shape index (κ2) is 5.81. The summed E-state index contributed by atoms with van der Waals surface area (Å²) in [6.07, 6.45) is 0.579. The van der Waals surface area contributed by atoms with Gasteiger partial charge in [-0.05, 0) is 31.9 Å². The second-order valence-corrected chi connectivity index (χ2v) is 7.45. The van der Waals surface area contributed by atoms with Crippen LogP contribution < -0.4 is 0 Å². The van der Waals surface area contributed by atoms with Crippen LogP contribution in [0.3, 0.4) is 0 Å². The molecule has 1 aromatic rings. The summed E-state index contributed by atoms with van der Waals surface area (Å²) in [6, 6.07) is 1.79. The minimum absolute atomic E-state index is 0.213. The lowest BCUT2D eigenvalue weighted by Crippen LogP contribution is -2.36. The molecule has 1 rings (SSSR count). The monoisotopic (exact) mass is 291 g/mol. The summed E-state index contributed by atoms with van der Waals surface area (Å²) in [5.74, 6) is -1.14. The van der Waals surface area contributed by atoms with Gasteiger partial charge in [0, 0.05) is 11.4 Å². The van der Waals surface area contributed by atoms with Crippen LogP contribution >= 0.6 is 11.3 Å². The van der Waals surface area contributed by atoms with Gasteiger partial charge in [-0.2, -0.15) is 4.31 Å². The second-order valence-electron chi connectivity index (χ2n) is 4.06. The van der Waals surface area contributed by atoms with Crippen molar-refractivity contribution in [1.82, 2.24) is 4.31 Å². The lowest BCUT2D eigenvalue weighted by molar-refractivity contribution is -0.137. The molecule has 0 amide bonds. The number of aryl methyl sites for hydroxylation is 2. The highest BCUT2D eigenvalue weighted by atomic mass is 32.2. The molecule has 0 aromatic carbocycles. The van der Waals surface area contributed by atoms with Gasteiger partial charge in [0.25, 0.3) is 10.0 Å². The van der Waals surface area contributed by atoms with E-state index in [4.69, 9.17) is 5.11 Å². The molecule has 0 atom stereocenters. The molecule has 0 spiro atoms. The fourth-order valence-electron chi connectivity index (χ4n) is 1.68. The molecule has 0 aliphatic heterocycles. The zero-order valence-electron chi connectivity index (χ0n) is 10.6. The van der Waals surface area contributed by atoms with E-state index in [-0.39, 0.29) is 10.8 Å². The topological polar surface area (TPSA) is 74.7 Å². The van der Waals surface area contributed by atoms with Crippen molar-refractivity contribution in [3.05, 3.63) is 16.5 Å². The third-order valence-electron chi connectivity index (χ3n) is 2.35. The first-order valence-electron chi connectivity index (χ1n) is 5.58. The van der Waals surface area contributed by atoms with Crippen molar-refractivity contribution in [2.45, 2.75) is 31.4 Å². The molecule has 0 saturated heterocycles. The van der Waals surface area contributed by atoms with Crippen LogP contribution in [0.25, 0.3) is 0 Å². The van der Waals surface area contributed by atoms with Crippen molar-refractivity contribution < 1.29 is 18.3 Å². The third-order valence-corrected chi connectivity index (χ3v) is 5.97. The molecule has 0 aliphatic rings. The predicted octanol–water partition coefficient (Wildman–Crippen LogP) is 1.85. The maximum Gasteiger partial charge on any atom is 0.318 e. The number of rotatable bonds is 6. The number of hydrogen-bond donors (Lipinski definition) is 1. The minimum Gasteiger partial charge on any atom is -0.480 e. The number of carbonyl (C=O) groups is 1. The highest BCUT2D eigenvalue weighted by molar-refractivity contribution is 7.91. The first-order chi connectivity index (χ1) is 8.28. The number of nitrogens with zero attached hydrogens (tertiary/aromatic N) is 1. The van der Waals surface area contributed by atoms with Crippen LogP contribution in [0, 0.1) is 13.8 Å². The summed E-state index contributed by atoms with van der Waals surface area (Å²) in [5.41, 5.74) is 0.670. The molecule has 0 bridgehead atoms. The molecular formula is C11H17NO4S2. The van der Waals surface area contributed by atoms with E-state index in [2.05, 4.69) is 0 Å². The molecule has 0 fully saturated rings. The first-order valence-corrected chi connectivity index (χ1v) is 7.83. The van der Waals surface area contributed by atoms with Crippen molar-refractivity contribution in [2.24, 2.45) is 0 Å². The lowest BCUT2D eigenvalue weighted by atomic mass is 10.4. The molecule has 0 radical (unpaired) electrons. The Kier molecular flexibility index (Phi) is 4.89. The molecule has 7 heteroatoms. The van der Waals surface area contributed by atoms with Crippen LogP contribution in [-0.2, 0) is 14.8 Å². The summed E-state index contributed by atoms with van der Waals surface area (Å²) < 4.78 is 26.0. The van der Waals surface area contributed by atoms with Crippen molar-refractivity contribution in [2.75, 3.05) is 13.1 Å². The predicted molar refractivity (Wildman–Crippen MR) is 70.5 cm³/mol. The van der Waals surface area contributed by atoms with Gasteiger partial charge < -0.3 is 5.11 Å². The lowest BCUT2D eigenvalue weighted by Gasteiger charge is -2.19. The molecule has 1 N–H and O–H groups in total. The van der Waals surface area contributed by atoms with E-state index in [1.165, 1.54) is 11.3 Å². The number of aliphatic carboxylic acids is 1. The van der Waals surface area contributed by atoms with Crippen molar-refractivity contribution in [3.8, 4) is 0 Å². The Bertz CT molecular complexity index is 533. The van der Waals surface area contributed by atoms with Gasteiger partial charge in [-0.25, -0.2) is 8.42 Å². The summed E-state index contributed by atoms with van der Waals surface area (Å²) in [4.78, 5) is 11.7. The molecule has 0 aliphatic carbocycles. The van der Waals surface area contributed by atoms with E-state index in [1.807, 2.05) is 13.8 Å². The summed E-state index contributed by atoms with van der Waals surface area (Å²) in [5, 5.41) is 8.79. The van der Waals surface area contributed by atoms with E-state index < -0.39 is 22.5 Å². The Morgan fingerprint density at radius 2 is 2.06 bits per heavy atom. The molecule has 1 aromatic heterocycles. The van der Waals surface area contributed by atoms with Gasteiger partial charge in [0.1, 0.15) is 10.8 Å². The highest BCUT2D eigenvalue weighted by Crippen LogP contribution is 2.28. The quantitative estimate of drug-likeness (QED) is 0.868. The van der Waals surface area contributed by atoms with Crippen LogP contribution in [-0.4, -0.2) is 36.9 Å². The van der Waals surface area contributed by atoms with Crippen LogP contribution in [0.2, 0.25) is 0 Å². The summed E-state index contributed by atoms with van der Waals surface area (Å²) in [7, 11) is -3.70. The molecule has 5 nitrogen and oxygen atoms in total. The largest absolute Gasteiger partial charge is 0.480 e. The van der Waals surface area contributed by atoms with Crippen LogP contribution in [0.1, 0.15) is 23.8 Å². The van der Waals surface area contributed by atoms with Gasteiger partial charge in [0.15, 0.2) is 0 Å². The molecule has 1 heterocycles. The third kappa shape index (κ3) is 3.30. The first kappa shape index (κ1) is 15.1. The van der Waals surface area contributed by atoms with Gasteiger partial charge in [-0.15, -0.1) is 11.3 Å². The smallest absolute Gasteiger partial charge is 0.318 e. The number of hydrogen-bond acceptors (Lipinski definition) is 4. The Hall–Kier alpha value is -0.920. The van der Waals surface area contributed by atoms with E-state index in [1.54, 1.807) is 13.0 Å². The SMILES string of the molecule is CCCN(CC(=O)O)S(=O)(=O)c1sc(C)cc1C. The van der Waals surface area contributed by atoms with Crippen molar-refractivity contribution in [1.29, 1.82) is 0 Å². The molecule has 0 unspecified atom stereocenters. The summed E-state index contributed by atoms with van der Waals surface area (Å²) >= 11 is 1.18. The molecule has 18 heavy (non-hydrogen) atoms. The Balaban J connectivity index is 3.16. The fourth-order valence-corrected chi connectivity index (χ4v) is 4.96. The van der Waals surface area contributed by atoms with Crippen LogP contribution in [0.4, 0.5) is 0 Å². The Morgan fingerprint density at radius 3 is 2.44 bits per heavy atom. The number of sulfonamides is 1. The van der Waals surface area contributed by atoms with Gasteiger partial charge in [0.05, 0.1) is 0 Å². The van der Waals surface area contributed by atoms with Gasteiger partial charge in [-0.3, -0.25) is 4.79 Å². The van der Waals surface area contributed by atoms with E-state index in [9.17, 15) is 13.2 Å². The minimum atomic E-state index is -3.70. The van der Waals surface area contributed by atoms with Gasteiger partial charge in [-0.1, -0.05) is 6.92 Å². The number of carboxylic acids is 1. The van der Waals surface area contributed by atoms with Crippen LogP contribution in [0.5, 0.6) is 0 Å². The number of thiophene rings is 1. The average Bonchev–Trinajstić information content (AvgIpc) is 2.57. The van der Waals surface area contributed by atoms with E-state index >= 15 is 0 Å². The van der Waals surface area contributed by atoms with Crippen molar-refractivity contribution >= 4 is 27.3 Å². The molecule has 0 saturated carbocycles. The fraction of sp³-hybridized carbons (Fsp3) is 0.545. The van der Waals surface area contributed by atoms with E-state index in [0.717, 1.165) is 9.18 Å². The highest BCUT2D eigenvalue weighted by Gasteiger charge is 2.28. The number of carboxylic acid groups (broad SMARTS) is 1. The maximum atomic E-state index is 12.4. The Labute approximate surface area is 111 Å². The molecular weight excluding hydrogens is 274 g/mol. The van der Waals surface area contributed by atoms with Crippen LogP contribution in [0.15, 0.2) is 10.3 Å². The molecule has 102 valence electrons. The van der Waals surface area contributed by atoms with Crippen molar-refractivity contribution in [3.63, 3.8) is 0 Å². The maximum absolute atomic E-state index is 12.4.